The van der Waals surface area contributed by atoms with Gasteiger partial charge in [0.05, 0.1) is 16.6 Å². The summed E-state index contributed by atoms with van der Waals surface area (Å²) in [5.74, 6) is 0. The summed E-state index contributed by atoms with van der Waals surface area (Å²) in [5.41, 5.74) is 2.39. The van der Waals surface area contributed by atoms with Crippen molar-refractivity contribution >= 4 is 33.4 Å². The minimum atomic E-state index is -0.105. The minimum absolute atomic E-state index is 0.0174. The molecule has 1 aliphatic heterocycles. The maximum Gasteiger partial charge on any atom is 0.262 e. The van der Waals surface area contributed by atoms with Crippen LogP contribution in [0.3, 0.4) is 0 Å². The third-order valence-corrected chi connectivity index (χ3v) is 5.33. The van der Waals surface area contributed by atoms with Gasteiger partial charge < -0.3 is 9.30 Å². The largest absolute Gasteiger partial charge is 0.357 e. The lowest BCUT2D eigenvalue weighted by Gasteiger charge is -2.23. The van der Waals surface area contributed by atoms with Crippen molar-refractivity contribution in [2.75, 3.05) is 6.61 Å². The van der Waals surface area contributed by atoms with Gasteiger partial charge in [0.25, 0.3) is 5.56 Å². The zero-order valence-electron chi connectivity index (χ0n) is 14.9. The van der Waals surface area contributed by atoms with Crippen molar-refractivity contribution in [2.24, 2.45) is 0 Å². The van der Waals surface area contributed by atoms with Crippen molar-refractivity contribution in [1.29, 1.82) is 0 Å². The molecule has 6 heteroatoms. The topological polar surface area (TPSA) is 49.0 Å². The van der Waals surface area contributed by atoms with E-state index in [1.54, 1.807) is 4.57 Å². The molecule has 3 aromatic rings. The van der Waals surface area contributed by atoms with Crippen molar-refractivity contribution in [3.63, 3.8) is 0 Å². The number of pyridine rings is 1. The van der Waals surface area contributed by atoms with E-state index in [9.17, 15) is 4.79 Å². The van der Waals surface area contributed by atoms with Crippen molar-refractivity contribution < 1.29 is 4.74 Å². The Morgan fingerprint density at radius 1 is 1.42 bits per heavy atom. The van der Waals surface area contributed by atoms with Crippen LogP contribution in [0.25, 0.3) is 21.8 Å². The Morgan fingerprint density at radius 2 is 2.27 bits per heavy atom. The predicted molar refractivity (Wildman–Crippen MR) is 105 cm³/mol. The quantitative estimate of drug-likeness (QED) is 0.630. The summed E-state index contributed by atoms with van der Waals surface area (Å²) in [6.07, 6.45) is 5.54. The lowest BCUT2D eigenvalue weighted by Crippen LogP contribution is -2.22. The van der Waals surface area contributed by atoms with E-state index in [0.717, 1.165) is 48.9 Å². The van der Waals surface area contributed by atoms with E-state index in [2.05, 4.69) is 6.58 Å². The van der Waals surface area contributed by atoms with Gasteiger partial charge in [0.2, 0.25) is 0 Å². The number of benzene rings is 1. The summed E-state index contributed by atoms with van der Waals surface area (Å²) in [6.45, 7) is 7.04. The number of hydrogen-bond acceptors (Lipinski definition) is 3. The number of allylic oxidation sites excluding steroid dienone is 1. The van der Waals surface area contributed by atoms with Gasteiger partial charge in [-0.25, -0.2) is 4.68 Å². The number of aromatic nitrogens is 3. The number of halogens is 1. The highest BCUT2D eigenvalue weighted by atomic mass is 35.5. The van der Waals surface area contributed by atoms with Gasteiger partial charge in [-0.3, -0.25) is 4.79 Å². The molecule has 0 spiro atoms. The average molecular weight is 372 g/mol. The molecule has 2 aromatic heterocycles. The molecule has 0 N–H and O–H groups in total. The van der Waals surface area contributed by atoms with E-state index >= 15 is 0 Å². The van der Waals surface area contributed by atoms with Gasteiger partial charge in [0, 0.05) is 23.6 Å². The van der Waals surface area contributed by atoms with Crippen LogP contribution in [-0.2, 0) is 11.3 Å². The normalized spacial score (nSPS) is 17.8. The van der Waals surface area contributed by atoms with E-state index in [0.29, 0.717) is 22.5 Å². The van der Waals surface area contributed by atoms with Crippen LogP contribution in [-0.4, -0.2) is 21.0 Å². The number of hydrogen-bond donors (Lipinski definition) is 0. The Bertz CT molecular complexity index is 1040. The maximum atomic E-state index is 13.3. The maximum absolute atomic E-state index is 13.3. The third-order valence-electron chi connectivity index (χ3n) is 5.10. The fourth-order valence-corrected chi connectivity index (χ4v) is 3.95. The van der Waals surface area contributed by atoms with Gasteiger partial charge in [0.1, 0.15) is 11.7 Å². The van der Waals surface area contributed by atoms with E-state index in [1.807, 2.05) is 35.9 Å². The lowest BCUT2D eigenvalue weighted by atomic mass is 10.1. The van der Waals surface area contributed by atoms with Crippen molar-refractivity contribution in [1.82, 2.24) is 14.3 Å². The fourth-order valence-electron chi connectivity index (χ4n) is 3.78. The number of ether oxygens (including phenoxy) is 1. The Hall–Kier alpha value is -2.11. The van der Waals surface area contributed by atoms with Crippen LogP contribution in [0, 0.1) is 6.92 Å². The number of fused-ring (bicyclic) bond motifs is 3. The second-order valence-electron chi connectivity index (χ2n) is 6.77. The molecule has 4 rings (SSSR count). The first-order valence-electron chi connectivity index (χ1n) is 9.05. The SMILES string of the molecule is C=CCCn1c(=O)c2c(C)n(C3CCCCO3)nc2c2cc(Cl)ccc21. The summed E-state index contributed by atoms with van der Waals surface area (Å²) in [4.78, 5) is 13.3. The summed E-state index contributed by atoms with van der Waals surface area (Å²) >= 11 is 6.25. The van der Waals surface area contributed by atoms with Gasteiger partial charge in [-0.1, -0.05) is 17.7 Å². The minimum Gasteiger partial charge on any atom is -0.357 e. The number of nitrogens with zero attached hydrogens (tertiary/aromatic N) is 3. The molecule has 0 bridgehead atoms. The first kappa shape index (κ1) is 17.3. The number of aryl methyl sites for hydroxylation is 2. The molecule has 1 atom stereocenters. The number of rotatable bonds is 4. The van der Waals surface area contributed by atoms with Crippen LogP contribution in [0.2, 0.25) is 5.02 Å². The monoisotopic (exact) mass is 371 g/mol. The Kier molecular flexibility index (Phi) is 4.59. The van der Waals surface area contributed by atoms with Crippen LogP contribution in [0.5, 0.6) is 0 Å². The molecule has 136 valence electrons. The van der Waals surface area contributed by atoms with Crippen molar-refractivity contribution in [3.05, 3.63) is 51.9 Å². The van der Waals surface area contributed by atoms with Gasteiger partial charge >= 0.3 is 0 Å². The second kappa shape index (κ2) is 6.89. The molecule has 0 radical (unpaired) electrons. The van der Waals surface area contributed by atoms with Crippen LogP contribution in [0.1, 0.15) is 37.6 Å². The van der Waals surface area contributed by atoms with Gasteiger partial charge in [0.15, 0.2) is 0 Å². The zero-order valence-corrected chi connectivity index (χ0v) is 15.6. The Labute approximate surface area is 156 Å². The van der Waals surface area contributed by atoms with Crippen LogP contribution in [0.15, 0.2) is 35.6 Å². The fraction of sp³-hybridized carbons (Fsp3) is 0.400. The highest BCUT2D eigenvalue weighted by Crippen LogP contribution is 2.30. The first-order valence-corrected chi connectivity index (χ1v) is 9.43. The lowest BCUT2D eigenvalue weighted by molar-refractivity contribution is -0.0402. The second-order valence-corrected chi connectivity index (χ2v) is 7.21. The van der Waals surface area contributed by atoms with Crippen molar-refractivity contribution in [2.45, 2.75) is 45.4 Å². The highest BCUT2D eigenvalue weighted by Gasteiger charge is 2.23. The van der Waals surface area contributed by atoms with E-state index < -0.39 is 0 Å². The zero-order chi connectivity index (χ0) is 18.3. The molecule has 1 unspecified atom stereocenters. The average Bonchev–Trinajstić information content (AvgIpc) is 3.00. The van der Waals surface area contributed by atoms with Gasteiger partial charge in [-0.2, -0.15) is 5.10 Å². The molecule has 5 nitrogen and oxygen atoms in total. The van der Waals surface area contributed by atoms with Gasteiger partial charge in [-0.05, 0) is 50.8 Å². The molecule has 1 aliphatic rings. The van der Waals surface area contributed by atoms with Crippen LogP contribution >= 0.6 is 11.6 Å². The molecule has 1 saturated heterocycles. The Balaban J connectivity index is 2.03. The smallest absolute Gasteiger partial charge is 0.262 e. The summed E-state index contributed by atoms with van der Waals surface area (Å²) in [6, 6.07) is 5.60. The summed E-state index contributed by atoms with van der Waals surface area (Å²) in [7, 11) is 0. The van der Waals surface area contributed by atoms with E-state index in [4.69, 9.17) is 21.4 Å². The summed E-state index contributed by atoms with van der Waals surface area (Å²) < 4.78 is 9.58. The molecule has 0 aliphatic carbocycles. The van der Waals surface area contributed by atoms with Crippen LogP contribution in [0.4, 0.5) is 0 Å². The molecule has 1 aromatic carbocycles. The molecular formula is C20H22ClN3O2. The van der Waals surface area contributed by atoms with Crippen LogP contribution < -0.4 is 5.56 Å². The standard InChI is InChI=1S/C20H22ClN3O2/c1-3-4-10-23-16-9-8-14(21)12-15(16)19-18(20(23)25)13(2)24(22-19)17-7-5-6-11-26-17/h3,8-9,12,17H,1,4-7,10-11H2,2H3. The predicted octanol–water partition coefficient (Wildman–Crippen LogP) is 4.59. The molecule has 0 amide bonds. The molecule has 3 heterocycles. The van der Waals surface area contributed by atoms with Gasteiger partial charge in [-0.15, -0.1) is 6.58 Å². The molecule has 26 heavy (non-hydrogen) atoms. The third kappa shape index (κ3) is 2.75. The van der Waals surface area contributed by atoms with E-state index in [1.165, 1.54) is 0 Å². The van der Waals surface area contributed by atoms with E-state index in [-0.39, 0.29) is 11.8 Å². The Morgan fingerprint density at radius 3 is 3.00 bits per heavy atom. The first-order chi connectivity index (χ1) is 12.6. The molecule has 0 saturated carbocycles. The van der Waals surface area contributed by atoms with Crippen molar-refractivity contribution in [3.8, 4) is 0 Å². The highest BCUT2D eigenvalue weighted by molar-refractivity contribution is 6.31. The molecular weight excluding hydrogens is 350 g/mol. The molecule has 1 fully saturated rings. The summed E-state index contributed by atoms with van der Waals surface area (Å²) in [5, 5.41) is 6.97.